The molecular weight excluding hydrogens is 478 g/mol. The number of halogens is 2. The standard InChI is InChI=1S/C25H26F2N2O5S/c1-3-35(31,32)28-20-8-10-23(34-24-9-7-19(26)13-22(24)27)21(14-20)18-11-16(2)29(30)25(12-18)33-15-17-5-4-6-17/h7-14,17,28H,3-6,15H2,1-2H3. The van der Waals surface area contributed by atoms with Crippen LogP contribution in [0.25, 0.3) is 11.1 Å². The molecule has 0 amide bonds. The smallest absolute Gasteiger partial charge is 0.380 e. The molecule has 4 rings (SSSR count). The number of pyridine rings is 1. The Morgan fingerprint density at radius 3 is 2.49 bits per heavy atom. The summed E-state index contributed by atoms with van der Waals surface area (Å²) in [5.41, 5.74) is 1.52. The van der Waals surface area contributed by atoms with Gasteiger partial charge in [-0.2, -0.15) is 0 Å². The fourth-order valence-electron chi connectivity index (χ4n) is 3.65. The van der Waals surface area contributed by atoms with Crippen molar-refractivity contribution < 1.29 is 31.4 Å². The number of hydrogen-bond donors (Lipinski definition) is 1. The minimum atomic E-state index is -3.56. The highest BCUT2D eigenvalue weighted by molar-refractivity contribution is 7.92. The molecule has 0 aliphatic heterocycles. The lowest BCUT2D eigenvalue weighted by molar-refractivity contribution is -0.619. The quantitative estimate of drug-likeness (QED) is 0.315. The maximum atomic E-state index is 14.3. The highest BCUT2D eigenvalue weighted by atomic mass is 32.2. The summed E-state index contributed by atoms with van der Waals surface area (Å²) < 4.78 is 66.6. The number of hydrogen-bond acceptors (Lipinski definition) is 5. The fourth-order valence-corrected chi connectivity index (χ4v) is 4.28. The summed E-state index contributed by atoms with van der Waals surface area (Å²) in [5, 5.41) is 12.6. The Labute approximate surface area is 203 Å². The van der Waals surface area contributed by atoms with Crippen LogP contribution in [-0.4, -0.2) is 20.8 Å². The molecule has 0 saturated heterocycles. The number of benzene rings is 2. The van der Waals surface area contributed by atoms with Crippen molar-refractivity contribution >= 4 is 15.7 Å². The van der Waals surface area contributed by atoms with E-state index < -0.39 is 21.7 Å². The molecule has 0 atom stereocenters. The van der Waals surface area contributed by atoms with E-state index >= 15 is 0 Å². The van der Waals surface area contributed by atoms with Gasteiger partial charge in [0.1, 0.15) is 11.6 Å². The van der Waals surface area contributed by atoms with Gasteiger partial charge in [-0.15, -0.1) is 4.73 Å². The molecule has 0 spiro atoms. The second-order valence-electron chi connectivity index (χ2n) is 8.52. The van der Waals surface area contributed by atoms with Crippen LogP contribution in [0, 0.1) is 29.7 Å². The Kier molecular flexibility index (Phi) is 7.11. The van der Waals surface area contributed by atoms with Crippen LogP contribution in [0.15, 0.2) is 48.5 Å². The number of ether oxygens (including phenoxy) is 2. The molecule has 3 aromatic rings. The molecular formula is C25H26F2N2O5S. The maximum absolute atomic E-state index is 14.3. The van der Waals surface area contributed by atoms with E-state index in [2.05, 4.69) is 4.72 Å². The highest BCUT2D eigenvalue weighted by Gasteiger charge is 2.22. The van der Waals surface area contributed by atoms with Gasteiger partial charge >= 0.3 is 5.88 Å². The average molecular weight is 505 g/mol. The zero-order valence-electron chi connectivity index (χ0n) is 19.4. The van der Waals surface area contributed by atoms with Crippen LogP contribution in [0.4, 0.5) is 14.5 Å². The van der Waals surface area contributed by atoms with Gasteiger partial charge in [0.15, 0.2) is 17.3 Å². The second-order valence-corrected chi connectivity index (χ2v) is 10.5. The van der Waals surface area contributed by atoms with E-state index in [0.717, 1.165) is 31.4 Å². The summed E-state index contributed by atoms with van der Waals surface area (Å²) >= 11 is 0. The van der Waals surface area contributed by atoms with E-state index in [1.54, 1.807) is 19.1 Å². The van der Waals surface area contributed by atoms with Crippen molar-refractivity contribution in [1.82, 2.24) is 0 Å². The first-order valence-corrected chi connectivity index (χ1v) is 12.9. The molecule has 0 radical (unpaired) electrons. The number of aromatic nitrogens is 1. The van der Waals surface area contributed by atoms with Crippen molar-refractivity contribution in [2.75, 3.05) is 17.1 Å². The van der Waals surface area contributed by atoms with Gasteiger partial charge in [-0.1, -0.05) is 6.42 Å². The lowest BCUT2D eigenvalue weighted by Crippen LogP contribution is -2.34. The molecule has 35 heavy (non-hydrogen) atoms. The van der Waals surface area contributed by atoms with Crippen molar-refractivity contribution in [3.63, 3.8) is 0 Å². The number of sulfonamides is 1. The highest BCUT2D eigenvalue weighted by Crippen LogP contribution is 2.38. The molecule has 0 unspecified atom stereocenters. The molecule has 1 aromatic heterocycles. The Bertz CT molecular complexity index is 1340. The van der Waals surface area contributed by atoms with Gasteiger partial charge in [-0.05, 0) is 56.0 Å². The van der Waals surface area contributed by atoms with Crippen LogP contribution >= 0.6 is 0 Å². The zero-order valence-corrected chi connectivity index (χ0v) is 20.2. The predicted octanol–water partition coefficient (Wildman–Crippen LogP) is 5.31. The molecule has 1 aliphatic rings. The molecule has 7 nitrogen and oxygen atoms in total. The zero-order chi connectivity index (χ0) is 25.2. The van der Waals surface area contributed by atoms with Crippen molar-refractivity contribution in [3.05, 3.63) is 71.1 Å². The summed E-state index contributed by atoms with van der Waals surface area (Å²) in [6.07, 6.45) is 3.25. The van der Waals surface area contributed by atoms with Gasteiger partial charge in [-0.25, -0.2) is 17.2 Å². The fraction of sp³-hybridized carbons (Fsp3) is 0.320. The Morgan fingerprint density at radius 1 is 1.09 bits per heavy atom. The van der Waals surface area contributed by atoms with Crippen LogP contribution in [0.1, 0.15) is 31.9 Å². The molecule has 1 aliphatic carbocycles. The number of aryl methyl sites for hydroxylation is 1. The summed E-state index contributed by atoms with van der Waals surface area (Å²) in [7, 11) is -3.56. The first-order valence-electron chi connectivity index (χ1n) is 11.3. The van der Waals surface area contributed by atoms with Crippen molar-refractivity contribution in [2.45, 2.75) is 33.1 Å². The maximum Gasteiger partial charge on any atom is 0.380 e. The summed E-state index contributed by atoms with van der Waals surface area (Å²) in [6.45, 7) is 3.56. The predicted molar refractivity (Wildman–Crippen MR) is 128 cm³/mol. The minimum Gasteiger partial charge on any atom is -0.616 e. The van der Waals surface area contributed by atoms with Crippen LogP contribution in [0.3, 0.4) is 0 Å². The Hall–Kier alpha value is -3.40. The second kappa shape index (κ2) is 10.1. The van der Waals surface area contributed by atoms with Crippen LogP contribution in [0.2, 0.25) is 0 Å². The number of rotatable bonds is 9. The summed E-state index contributed by atoms with van der Waals surface area (Å²) in [4.78, 5) is 0. The first kappa shape index (κ1) is 24.7. The van der Waals surface area contributed by atoms with E-state index in [-0.39, 0.29) is 28.8 Å². The van der Waals surface area contributed by atoms with Gasteiger partial charge in [0, 0.05) is 35.9 Å². The Balaban J connectivity index is 1.77. The number of anilines is 1. The molecule has 1 heterocycles. The van der Waals surface area contributed by atoms with Crippen molar-refractivity contribution in [1.29, 1.82) is 0 Å². The largest absolute Gasteiger partial charge is 0.616 e. The van der Waals surface area contributed by atoms with Gasteiger partial charge < -0.3 is 14.7 Å². The third-order valence-electron chi connectivity index (χ3n) is 5.91. The summed E-state index contributed by atoms with van der Waals surface area (Å²) in [6, 6.07) is 10.6. The van der Waals surface area contributed by atoms with Gasteiger partial charge in [0.05, 0.1) is 18.4 Å². The monoisotopic (exact) mass is 504 g/mol. The molecule has 1 saturated carbocycles. The first-order chi connectivity index (χ1) is 16.6. The van der Waals surface area contributed by atoms with Crippen molar-refractivity contribution in [3.8, 4) is 28.5 Å². The Morgan fingerprint density at radius 2 is 1.83 bits per heavy atom. The molecule has 1 N–H and O–H groups in total. The third-order valence-corrected chi connectivity index (χ3v) is 7.22. The third kappa shape index (κ3) is 5.82. The van der Waals surface area contributed by atoms with Gasteiger partial charge in [0.25, 0.3) is 0 Å². The summed E-state index contributed by atoms with van der Waals surface area (Å²) in [5.74, 6) is -1.27. The topological polar surface area (TPSA) is 91.6 Å². The molecule has 0 bridgehead atoms. The van der Waals surface area contributed by atoms with Gasteiger partial charge in [0.2, 0.25) is 10.0 Å². The molecule has 2 aromatic carbocycles. The normalized spacial score (nSPS) is 13.8. The SMILES string of the molecule is CCS(=O)(=O)Nc1ccc(Oc2ccc(F)cc2F)c(-c2cc(C)[n+]([O-])c(OCC3CCC3)c2)c1. The van der Waals surface area contributed by atoms with E-state index in [1.165, 1.54) is 25.1 Å². The van der Waals surface area contributed by atoms with Crippen molar-refractivity contribution in [2.24, 2.45) is 5.92 Å². The van der Waals surface area contributed by atoms with E-state index in [1.807, 2.05) is 0 Å². The molecule has 1 fully saturated rings. The number of nitrogens with one attached hydrogen (secondary N) is 1. The van der Waals surface area contributed by atoms with E-state index in [4.69, 9.17) is 9.47 Å². The van der Waals surface area contributed by atoms with Crippen LogP contribution in [0.5, 0.6) is 17.4 Å². The minimum absolute atomic E-state index is 0.102. The average Bonchev–Trinajstić information content (AvgIpc) is 2.78. The molecule has 186 valence electrons. The van der Waals surface area contributed by atoms with E-state index in [9.17, 15) is 22.4 Å². The van der Waals surface area contributed by atoms with Crippen LogP contribution in [-0.2, 0) is 10.0 Å². The number of nitrogens with zero attached hydrogens (tertiary/aromatic N) is 1. The lowest BCUT2D eigenvalue weighted by Gasteiger charge is -2.24. The molecule has 10 heteroatoms. The lowest BCUT2D eigenvalue weighted by atomic mass is 9.86. The van der Waals surface area contributed by atoms with Crippen LogP contribution < -0.4 is 18.9 Å². The van der Waals surface area contributed by atoms with E-state index in [0.29, 0.717) is 40.1 Å². The van der Waals surface area contributed by atoms with Gasteiger partial charge in [-0.3, -0.25) is 4.72 Å².